The van der Waals surface area contributed by atoms with E-state index in [1.54, 1.807) is 24.0 Å². The van der Waals surface area contributed by atoms with E-state index in [9.17, 15) is 18.8 Å². The summed E-state index contributed by atoms with van der Waals surface area (Å²) in [5.74, 6) is -1.19. The minimum absolute atomic E-state index is 0.191. The van der Waals surface area contributed by atoms with Gasteiger partial charge in [0, 0.05) is 13.1 Å². The maximum atomic E-state index is 14.0. The number of amides is 4. The van der Waals surface area contributed by atoms with Gasteiger partial charge in [0.25, 0.3) is 11.8 Å². The molecule has 1 aromatic rings. The van der Waals surface area contributed by atoms with E-state index in [2.05, 4.69) is 0 Å². The number of carbonyl (C=O) groups is 3. The minimum atomic E-state index is -0.841. The van der Waals surface area contributed by atoms with E-state index < -0.39 is 29.3 Å². The number of fused-ring (bicyclic) bond motifs is 1. The number of imide groups is 1. The Morgan fingerprint density at radius 3 is 2.62 bits per heavy atom. The predicted octanol–water partition coefficient (Wildman–Crippen LogP) is 1.75. The summed E-state index contributed by atoms with van der Waals surface area (Å²) in [6.07, 6.45) is 1.74. The number of halogens is 1. The molecule has 4 rings (SSSR count). The molecule has 3 fully saturated rings. The normalized spacial score (nSPS) is 29.8. The smallest absolute Gasteiger partial charge is 0.310 e. The SMILES string of the molecule is C[C@@]12CCCN1C(=O)N([C@@H]1CCN(c3ccccc3F)C1=O)C2=O. The first-order chi connectivity index (χ1) is 11.4. The van der Waals surface area contributed by atoms with E-state index in [0.29, 0.717) is 19.4 Å². The molecule has 1 aromatic carbocycles. The molecule has 0 saturated carbocycles. The molecule has 3 heterocycles. The number of benzene rings is 1. The highest BCUT2D eigenvalue weighted by atomic mass is 19.1. The Morgan fingerprint density at radius 2 is 1.92 bits per heavy atom. The fraction of sp³-hybridized carbons (Fsp3) is 0.471. The summed E-state index contributed by atoms with van der Waals surface area (Å²) in [7, 11) is 0. The highest BCUT2D eigenvalue weighted by Crippen LogP contribution is 2.40. The summed E-state index contributed by atoms with van der Waals surface area (Å²) in [6.45, 7) is 2.59. The molecular formula is C17H18FN3O3. The third-order valence-electron chi connectivity index (χ3n) is 5.39. The Morgan fingerprint density at radius 1 is 1.17 bits per heavy atom. The van der Waals surface area contributed by atoms with Gasteiger partial charge in [-0.25, -0.2) is 14.1 Å². The van der Waals surface area contributed by atoms with Crippen LogP contribution in [-0.2, 0) is 9.59 Å². The van der Waals surface area contributed by atoms with Crippen LogP contribution in [0.25, 0.3) is 0 Å². The lowest BCUT2D eigenvalue weighted by Crippen LogP contribution is -2.47. The maximum Gasteiger partial charge on any atom is 0.328 e. The number of nitrogens with zero attached hydrogens (tertiary/aromatic N) is 3. The minimum Gasteiger partial charge on any atom is -0.310 e. The van der Waals surface area contributed by atoms with Crippen molar-refractivity contribution in [3.05, 3.63) is 30.1 Å². The van der Waals surface area contributed by atoms with Crippen LogP contribution in [0.1, 0.15) is 26.2 Å². The van der Waals surface area contributed by atoms with Gasteiger partial charge >= 0.3 is 6.03 Å². The molecule has 0 bridgehead atoms. The van der Waals surface area contributed by atoms with Gasteiger partial charge in [0.05, 0.1) is 5.69 Å². The van der Waals surface area contributed by atoms with Crippen LogP contribution in [-0.4, -0.2) is 52.3 Å². The van der Waals surface area contributed by atoms with Gasteiger partial charge in [-0.05, 0) is 38.3 Å². The van der Waals surface area contributed by atoms with E-state index in [0.717, 1.165) is 11.3 Å². The maximum absolute atomic E-state index is 14.0. The van der Waals surface area contributed by atoms with Gasteiger partial charge in [-0.1, -0.05) is 12.1 Å². The van der Waals surface area contributed by atoms with E-state index in [4.69, 9.17) is 0 Å². The van der Waals surface area contributed by atoms with E-state index in [1.807, 2.05) is 0 Å². The first kappa shape index (κ1) is 15.1. The van der Waals surface area contributed by atoms with Crippen molar-refractivity contribution in [2.75, 3.05) is 18.0 Å². The molecule has 6 nitrogen and oxygen atoms in total. The van der Waals surface area contributed by atoms with Crippen LogP contribution in [0.4, 0.5) is 14.9 Å². The van der Waals surface area contributed by atoms with Crippen molar-refractivity contribution in [3.8, 4) is 0 Å². The molecule has 0 aliphatic carbocycles. The molecule has 2 atom stereocenters. The standard InChI is InChI=1S/C17H18FN3O3/c1-17-8-4-9-20(17)16(24)21(15(17)23)13-7-10-19(14(13)22)12-6-3-2-5-11(12)18/h2-3,5-6,13H,4,7-10H2,1H3/t13-,17+/m1/s1. The number of carbonyl (C=O) groups excluding carboxylic acids is 3. The molecular weight excluding hydrogens is 313 g/mol. The van der Waals surface area contributed by atoms with Crippen molar-refractivity contribution in [1.29, 1.82) is 0 Å². The van der Waals surface area contributed by atoms with Crippen molar-refractivity contribution in [3.63, 3.8) is 0 Å². The Bertz CT molecular complexity index is 752. The number of hydrogen-bond acceptors (Lipinski definition) is 3. The second kappa shape index (κ2) is 5.03. The zero-order valence-electron chi connectivity index (χ0n) is 13.4. The number of rotatable bonds is 2. The average Bonchev–Trinajstić information content (AvgIpc) is 3.17. The van der Waals surface area contributed by atoms with Crippen LogP contribution in [0.2, 0.25) is 0 Å². The van der Waals surface area contributed by atoms with Gasteiger partial charge in [0.1, 0.15) is 17.4 Å². The predicted molar refractivity (Wildman–Crippen MR) is 83.7 cm³/mol. The molecule has 0 radical (unpaired) electrons. The fourth-order valence-electron chi connectivity index (χ4n) is 4.06. The number of hydrogen-bond donors (Lipinski definition) is 0. The van der Waals surface area contributed by atoms with Crippen LogP contribution >= 0.6 is 0 Å². The molecule has 3 aliphatic heterocycles. The van der Waals surface area contributed by atoms with Gasteiger partial charge in [-0.2, -0.15) is 0 Å². The Kier molecular flexibility index (Phi) is 3.16. The van der Waals surface area contributed by atoms with Gasteiger partial charge in [-0.15, -0.1) is 0 Å². The van der Waals surface area contributed by atoms with E-state index >= 15 is 0 Å². The van der Waals surface area contributed by atoms with Crippen molar-refractivity contribution in [2.45, 2.75) is 37.8 Å². The molecule has 24 heavy (non-hydrogen) atoms. The molecule has 7 heteroatoms. The first-order valence-electron chi connectivity index (χ1n) is 8.16. The molecule has 3 aliphatic rings. The second-order valence-electron chi connectivity index (χ2n) is 6.73. The number of para-hydroxylation sites is 1. The summed E-state index contributed by atoms with van der Waals surface area (Å²) in [5.41, 5.74) is -0.640. The summed E-state index contributed by atoms with van der Waals surface area (Å²) < 4.78 is 14.0. The van der Waals surface area contributed by atoms with Crippen LogP contribution in [0.5, 0.6) is 0 Å². The fourth-order valence-corrected chi connectivity index (χ4v) is 4.06. The highest BCUT2D eigenvalue weighted by molar-refractivity contribution is 6.12. The van der Waals surface area contributed by atoms with Crippen molar-refractivity contribution < 1.29 is 18.8 Å². The average molecular weight is 331 g/mol. The van der Waals surface area contributed by atoms with Crippen LogP contribution in [0.3, 0.4) is 0 Å². The summed E-state index contributed by atoms with van der Waals surface area (Å²) in [5, 5.41) is 0. The topological polar surface area (TPSA) is 60.9 Å². The Balaban J connectivity index is 1.63. The summed E-state index contributed by atoms with van der Waals surface area (Å²) >= 11 is 0. The number of urea groups is 1. The van der Waals surface area contributed by atoms with E-state index in [-0.39, 0.29) is 18.1 Å². The Hall–Kier alpha value is -2.44. The van der Waals surface area contributed by atoms with Crippen molar-refractivity contribution in [1.82, 2.24) is 9.80 Å². The van der Waals surface area contributed by atoms with Crippen molar-refractivity contribution in [2.24, 2.45) is 0 Å². The lowest BCUT2D eigenvalue weighted by molar-refractivity contribution is -0.136. The van der Waals surface area contributed by atoms with E-state index in [1.165, 1.54) is 17.0 Å². The molecule has 0 unspecified atom stereocenters. The Labute approximate surface area is 138 Å². The molecule has 3 saturated heterocycles. The number of anilines is 1. The largest absolute Gasteiger partial charge is 0.328 e. The molecule has 0 spiro atoms. The van der Waals surface area contributed by atoms with Gasteiger partial charge in [0.15, 0.2) is 0 Å². The highest BCUT2D eigenvalue weighted by Gasteiger charge is 2.60. The zero-order chi connectivity index (χ0) is 17.1. The zero-order valence-corrected chi connectivity index (χ0v) is 13.4. The third-order valence-corrected chi connectivity index (χ3v) is 5.39. The van der Waals surface area contributed by atoms with Crippen LogP contribution in [0.15, 0.2) is 24.3 Å². The molecule has 126 valence electrons. The second-order valence-corrected chi connectivity index (χ2v) is 6.73. The lowest BCUT2D eigenvalue weighted by Gasteiger charge is -2.23. The monoisotopic (exact) mass is 331 g/mol. The van der Waals surface area contributed by atoms with Crippen molar-refractivity contribution >= 4 is 23.5 Å². The lowest BCUT2D eigenvalue weighted by atomic mass is 9.99. The third kappa shape index (κ3) is 1.84. The summed E-state index contributed by atoms with van der Waals surface area (Å²) in [4.78, 5) is 42.2. The molecule has 0 N–H and O–H groups in total. The van der Waals surface area contributed by atoms with Gasteiger partial charge in [-0.3, -0.25) is 9.59 Å². The van der Waals surface area contributed by atoms with Crippen LogP contribution < -0.4 is 4.90 Å². The van der Waals surface area contributed by atoms with Gasteiger partial charge < -0.3 is 9.80 Å². The molecule has 4 amide bonds. The molecule has 0 aromatic heterocycles. The first-order valence-corrected chi connectivity index (χ1v) is 8.16. The van der Waals surface area contributed by atoms with Gasteiger partial charge in [0.2, 0.25) is 0 Å². The quantitative estimate of drug-likeness (QED) is 0.776. The van der Waals surface area contributed by atoms with Crippen LogP contribution in [0, 0.1) is 5.82 Å². The summed E-state index contributed by atoms with van der Waals surface area (Å²) in [6, 6.07) is 4.80.